The SMILES string of the molecule is CCOC(=O)c1ccc(N(CCOC)C(C)COC)nc1. The lowest BCUT2D eigenvalue weighted by Crippen LogP contribution is -2.39. The fourth-order valence-corrected chi connectivity index (χ4v) is 1.97. The van der Waals surface area contributed by atoms with E-state index in [1.165, 1.54) is 6.20 Å². The molecular weight excluding hydrogens is 272 g/mol. The first kappa shape index (κ1) is 17.4. The van der Waals surface area contributed by atoms with Crippen molar-refractivity contribution in [1.29, 1.82) is 0 Å². The van der Waals surface area contributed by atoms with Gasteiger partial charge in [-0.2, -0.15) is 0 Å². The Balaban J connectivity index is 2.84. The maximum atomic E-state index is 11.6. The van der Waals surface area contributed by atoms with Gasteiger partial charge in [0, 0.05) is 27.0 Å². The van der Waals surface area contributed by atoms with Crippen molar-refractivity contribution in [1.82, 2.24) is 4.98 Å². The molecular formula is C15H24N2O4. The molecule has 0 N–H and O–H groups in total. The molecule has 1 atom stereocenters. The zero-order valence-corrected chi connectivity index (χ0v) is 13.2. The van der Waals surface area contributed by atoms with Crippen LogP contribution in [-0.2, 0) is 14.2 Å². The lowest BCUT2D eigenvalue weighted by molar-refractivity contribution is 0.0526. The number of carbonyl (C=O) groups is 1. The predicted octanol–water partition coefficient (Wildman–Crippen LogP) is 1.75. The van der Waals surface area contributed by atoms with E-state index < -0.39 is 0 Å². The highest BCUT2D eigenvalue weighted by molar-refractivity contribution is 5.89. The maximum Gasteiger partial charge on any atom is 0.339 e. The third kappa shape index (κ3) is 5.32. The number of rotatable bonds is 9. The van der Waals surface area contributed by atoms with Gasteiger partial charge in [0.2, 0.25) is 0 Å². The molecule has 0 aliphatic carbocycles. The van der Waals surface area contributed by atoms with Crippen LogP contribution in [0.5, 0.6) is 0 Å². The van der Waals surface area contributed by atoms with E-state index in [0.29, 0.717) is 31.9 Å². The van der Waals surface area contributed by atoms with Crippen LogP contribution in [0.2, 0.25) is 0 Å². The number of nitrogens with zero attached hydrogens (tertiary/aromatic N) is 2. The second kappa shape index (κ2) is 9.31. The number of carbonyl (C=O) groups excluding carboxylic acids is 1. The summed E-state index contributed by atoms with van der Waals surface area (Å²) in [6.07, 6.45) is 1.53. The largest absolute Gasteiger partial charge is 0.462 e. The van der Waals surface area contributed by atoms with Crippen LogP contribution in [0.1, 0.15) is 24.2 Å². The first-order valence-corrected chi connectivity index (χ1v) is 7.01. The van der Waals surface area contributed by atoms with Crippen molar-refractivity contribution in [3.05, 3.63) is 23.9 Å². The summed E-state index contributed by atoms with van der Waals surface area (Å²) in [6, 6.07) is 3.69. The third-order valence-corrected chi connectivity index (χ3v) is 3.03. The number of pyridine rings is 1. The van der Waals surface area contributed by atoms with Gasteiger partial charge in [-0.25, -0.2) is 9.78 Å². The van der Waals surface area contributed by atoms with Gasteiger partial charge in [0.25, 0.3) is 0 Å². The summed E-state index contributed by atoms with van der Waals surface area (Å²) in [5, 5.41) is 0. The number of esters is 1. The van der Waals surface area contributed by atoms with Crippen molar-refractivity contribution in [3.8, 4) is 0 Å². The van der Waals surface area contributed by atoms with Gasteiger partial charge < -0.3 is 19.1 Å². The molecule has 0 saturated heterocycles. The number of hydrogen-bond acceptors (Lipinski definition) is 6. The van der Waals surface area contributed by atoms with Gasteiger partial charge in [-0.05, 0) is 26.0 Å². The highest BCUT2D eigenvalue weighted by atomic mass is 16.5. The number of methoxy groups -OCH3 is 2. The number of hydrogen-bond donors (Lipinski definition) is 0. The van der Waals surface area contributed by atoms with Gasteiger partial charge >= 0.3 is 5.97 Å². The van der Waals surface area contributed by atoms with Crippen LogP contribution in [0.4, 0.5) is 5.82 Å². The van der Waals surface area contributed by atoms with Gasteiger partial charge in [-0.1, -0.05) is 0 Å². The number of aromatic nitrogens is 1. The van der Waals surface area contributed by atoms with Crippen molar-refractivity contribution >= 4 is 11.8 Å². The molecule has 0 aliphatic rings. The molecule has 6 heteroatoms. The molecule has 0 fully saturated rings. The summed E-state index contributed by atoms with van der Waals surface area (Å²) in [7, 11) is 3.33. The van der Waals surface area contributed by atoms with Crippen LogP contribution in [0, 0.1) is 0 Å². The van der Waals surface area contributed by atoms with Crippen LogP contribution in [0.25, 0.3) is 0 Å². The fraction of sp³-hybridized carbons (Fsp3) is 0.600. The molecule has 0 amide bonds. The minimum absolute atomic E-state index is 0.158. The lowest BCUT2D eigenvalue weighted by Gasteiger charge is -2.29. The highest BCUT2D eigenvalue weighted by Crippen LogP contribution is 2.15. The van der Waals surface area contributed by atoms with E-state index in [1.807, 2.05) is 6.07 Å². The van der Waals surface area contributed by atoms with Crippen molar-refractivity contribution < 1.29 is 19.0 Å². The summed E-state index contributed by atoms with van der Waals surface area (Å²) in [5.41, 5.74) is 0.451. The number of anilines is 1. The minimum atomic E-state index is -0.357. The average Bonchev–Trinajstić information content (AvgIpc) is 2.49. The molecule has 1 aromatic heterocycles. The summed E-state index contributed by atoms with van der Waals surface area (Å²) in [5.74, 6) is 0.426. The molecule has 0 aliphatic heterocycles. The van der Waals surface area contributed by atoms with Crippen molar-refractivity contribution in [2.45, 2.75) is 19.9 Å². The Kier molecular flexibility index (Phi) is 7.71. The van der Waals surface area contributed by atoms with Crippen molar-refractivity contribution in [2.75, 3.05) is 45.5 Å². The van der Waals surface area contributed by atoms with Crippen LogP contribution >= 0.6 is 0 Å². The Labute approximate surface area is 126 Å². The molecule has 0 aromatic carbocycles. The van der Waals surface area contributed by atoms with Crippen molar-refractivity contribution in [3.63, 3.8) is 0 Å². The van der Waals surface area contributed by atoms with E-state index in [9.17, 15) is 4.79 Å². The van der Waals surface area contributed by atoms with Gasteiger partial charge in [0.05, 0.1) is 31.4 Å². The second-order valence-electron chi connectivity index (χ2n) is 4.62. The van der Waals surface area contributed by atoms with E-state index in [0.717, 1.165) is 5.82 Å². The summed E-state index contributed by atoms with van der Waals surface area (Å²) in [4.78, 5) is 18.1. The fourth-order valence-electron chi connectivity index (χ4n) is 1.97. The number of ether oxygens (including phenoxy) is 3. The normalized spacial score (nSPS) is 12.0. The summed E-state index contributed by atoms with van der Waals surface area (Å²) in [6.45, 7) is 6.07. The minimum Gasteiger partial charge on any atom is -0.462 e. The smallest absolute Gasteiger partial charge is 0.339 e. The lowest BCUT2D eigenvalue weighted by atomic mass is 10.2. The Bertz CT molecular complexity index is 422. The quantitative estimate of drug-likeness (QED) is 0.647. The zero-order chi connectivity index (χ0) is 15.7. The standard InChI is InChI=1S/C15H24N2O4/c1-5-21-15(18)13-6-7-14(16-10-13)17(8-9-19-3)12(2)11-20-4/h6-7,10,12H,5,8-9,11H2,1-4H3. The van der Waals surface area contributed by atoms with Gasteiger partial charge in [-0.3, -0.25) is 0 Å². The summed E-state index contributed by atoms with van der Waals surface area (Å²) >= 11 is 0. The molecule has 0 saturated carbocycles. The predicted molar refractivity (Wildman–Crippen MR) is 80.8 cm³/mol. The van der Waals surface area contributed by atoms with Crippen molar-refractivity contribution in [2.24, 2.45) is 0 Å². The first-order valence-electron chi connectivity index (χ1n) is 7.01. The van der Waals surface area contributed by atoms with E-state index in [4.69, 9.17) is 14.2 Å². The average molecular weight is 296 g/mol. The van der Waals surface area contributed by atoms with E-state index in [1.54, 1.807) is 27.2 Å². The molecule has 118 valence electrons. The molecule has 0 radical (unpaired) electrons. The monoisotopic (exact) mass is 296 g/mol. The van der Waals surface area contributed by atoms with E-state index >= 15 is 0 Å². The second-order valence-corrected chi connectivity index (χ2v) is 4.62. The molecule has 1 unspecified atom stereocenters. The molecule has 1 aromatic rings. The Morgan fingerprint density at radius 3 is 2.62 bits per heavy atom. The third-order valence-electron chi connectivity index (χ3n) is 3.03. The van der Waals surface area contributed by atoms with Crippen LogP contribution in [0.15, 0.2) is 18.3 Å². The highest BCUT2D eigenvalue weighted by Gasteiger charge is 2.16. The van der Waals surface area contributed by atoms with E-state index in [-0.39, 0.29) is 12.0 Å². The molecule has 0 spiro atoms. The molecule has 21 heavy (non-hydrogen) atoms. The molecule has 0 bridgehead atoms. The molecule has 1 heterocycles. The van der Waals surface area contributed by atoms with Crippen LogP contribution < -0.4 is 4.90 Å². The zero-order valence-electron chi connectivity index (χ0n) is 13.2. The molecule has 1 rings (SSSR count). The Hall–Kier alpha value is -1.66. The molecule has 6 nitrogen and oxygen atoms in total. The van der Waals surface area contributed by atoms with Gasteiger partial charge in [-0.15, -0.1) is 0 Å². The maximum absolute atomic E-state index is 11.6. The Morgan fingerprint density at radius 1 is 1.33 bits per heavy atom. The topological polar surface area (TPSA) is 60.9 Å². The Morgan fingerprint density at radius 2 is 2.10 bits per heavy atom. The van der Waals surface area contributed by atoms with Gasteiger partial charge in [0.1, 0.15) is 5.82 Å². The van der Waals surface area contributed by atoms with Crippen LogP contribution in [0.3, 0.4) is 0 Å². The first-order chi connectivity index (χ1) is 10.1. The van der Waals surface area contributed by atoms with E-state index in [2.05, 4.69) is 16.8 Å². The van der Waals surface area contributed by atoms with Gasteiger partial charge in [0.15, 0.2) is 0 Å². The van der Waals surface area contributed by atoms with Crippen LogP contribution in [-0.4, -0.2) is 57.6 Å². The summed E-state index contributed by atoms with van der Waals surface area (Å²) < 4.78 is 15.3.